The number of ether oxygens (including phenoxy) is 3. The summed E-state index contributed by atoms with van der Waals surface area (Å²) in [5.41, 5.74) is 5.94. The molecule has 306 valence electrons. The summed E-state index contributed by atoms with van der Waals surface area (Å²) in [6, 6.07) is 23.2. The van der Waals surface area contributed by atoms with E-state index in [4.69, 9.17) is 34.1 Å². The van der Waals surface area contributed by atoms with Crippen molar-refractivity contribution in [2.45, 2.75) is 26.1 Å². The third-order valence-corrected chi connectivity index (χ3v) is 11.0. The second-order valence-electron chi connectivity index (χ2n) is 15.0. The number of morpholine rings is 1. The van der Waals surface area contributed by atoms with Crippen LogP contribution in [0, 0.1) is 0 Å². The molecule has 15 nitrogen and oxygen atoms in total. The number of piperazine rings is 1. The Morgan fingerprint density at radius 3 is 2.05 bits per heavy atom. The lowest BCUT2D eigenvalue weighted by molar-refractivity contribution is 0.0664. The van der Waals surface area contributed by atoms with Gasteiger partial charge in [-0.1, -0.05) is 36.4 Å². The molecule has 5 heterocycles. The number of urea groups is 1. The highest BCUT2D eigenvalue weighted by Gasteiger charge is 2.32. The van der Waals surface area contributed by atoms with Gasteiger partial charge in [0.2, 0.25) is 11.9 Å². The summed E-state index contributed by atoms with van der Waals surface area (Å²) in [5, 5.41) is 3.08. The van der Waals surface area contributed by atoms with E-state index in [1.54, 1.807) is 19.1 Å². The Kier molecular flexibility index (Phi) is 12.1. The lowest BCUT2D eigenvalue weighted by Crippen LogP contribution is -2.47. The number of methoxy groups -OCH3 is 2. The highest BCUT2D eigenvalue weighted by molar-refractivity contribution is 5.95. The molecule has 0 saturated carbocycles. The molecule has 0 spiro atoms. The predicted octanol–water partition coefficient (Wildman–Crippen LogP) is 4.65. The Labute approximate surface area is 344 Å². The van der Waals surface area contributed by atoms with E-state index in [1.165, 1.54) is 0 Å². The number of likely N-dealkylation sites (N-methyl/N-ethyl adjacent to an activating group) is 1. The van der Waals surface area contributed by atoms with Gasteiger partial charge in [0.05, 0.1) is 33.1 Å². The van der Waals surface area contributed by atoms with Gasteiger partial charge in [0.1, 0.15) is 17.3 Å². The van der Waals surface area contributed by atoms with Crippen LogP contribution in [0.15, 0.2) is 85.2 Å². The molecule has 0 radical (unpaired) electrons. The van der Waals surface area contributed by atoms with Crippen molar-refractivity contribution in [3.05, 3.63) is 113 Å². The minimum atomic E-state index is -0.267. The molecule has 2 aromatic heterocycles. The van der Waals surface area contributed by atoms with Gasteiger partial charge in [-0.2, -0.15) is 4.98 Å². The number of aromatic nitrogens is 4. The molecule has 0 aliphatic carbocycles. The number of nitrogens with zero attached hydrogens (tertiary/aromatic N) is 9. The number of carbonyl (C=O) groups is 2. The van der Waals surface area contributed by atoms with Gasteiger partial charge in [-0.25, -0.2) is 19.7 Å². The number of amides is 3. The number of anilines is 3. The number of rotatable bonds is 12. The SMILES string of the molecule is COc1ccc(CN(Cc2ccc(OC)cc2)c2ncc(-c3nc(N4CCOCC4)nc4c3CCN4C(=O)NCc3cccc(C(=O)N4CCN(C)CC4)c3)cn2)cc1. The molecule has 8 rings (SSSR count). The third kappa shape index (κ3) is 9.21. The highest BCUT2D eigenvalue weighted by Crippen LogP contribution is 2.36. The van der Waals surface area contributed by atoms with Crippen LogP contribution in [0.25, 0.3) is 11.3 Å². The van der Waals surface area contributed by atoms with Crippen molar-refractivity contribution in [1.29, 1.82) is 0 Å². The number of carbonyl (C=O) groups excluding carboxylic acids is 2. The van der Waals surface area contributed by atoms with Crippen LogP contribution in [-0.4, -0.2) is 122 Å². The largest absolute Gasteiger partial charge is 0.497 e. The van der Waals surface area contributed by atoms with E-state index in [-0.39, 0.29) is 18.5 Å². The van der Waals surface area contributed by atoms with Crippen molar-refractivity contribution in [2.75, 3.05) is 95.0 Å². The summed E-state index contributed by atoms with van der Waals surface area (Å²) in [5.74, 6) is 3.26. The zero-order valence-electron chi connectivity index (χ0n) is 33.8. The molecule has 3 aliphatic heterocycles. The van der Waals surface area contributed by atoms with E-state index in [0.717, 1.165) is 52.4 Å². The molecule has 5 aromatic rings. The molecule has 3 amide bonds. The van der Waals surface area contributed by atoms with Gasteiger partial charge in [0.15, 0.2) is 0 Å². The third-order valence-electron chi connectivity index (χ3n) is 11.0. The Balaban J connectivity index is 1.04. The maximum Gasteiger partial charge on any atom is 0.323 e. The van der Waals surface area contributed by atoms with Crippen molar-refractivity contribution < 1.29 is 23.8 Å². The molecule has 3 aromatic carbocycles. The van der Waals surface area contributed by atoms with Gasteiger partial charge in [0, 0.05) is 94.5 Å². The zero-order valence-corrected chi connectivity index (χ0v) is 33.8. The molecule has 0 bridgehead atoms. The van der Waals surface area contributed by atoms with Crippen molar-refractivity contribution in [1.82, 2.24) is 35.1 Å². The first-order valence-corrected chi connectivity index (χ1v) is 20.0. The van der Waals surface area contributed by atoms with Crippen LogP contribution in [0.2, 0.25) is 0 Å². The number of fused-ring (bicyclic) bond motifs is 1. The van der Waals surface area contributed by atoms with Crippen LogP contribution in [0.4, 0.5) is 22.5 Å². The number of hydrogen-bond donors (Lipinski definition) is 1. The first-order chi connectivity index (χ1) is 28.8. The fourth-order valence-corrected chi connectivity index (χ4v) is 7.57. The summed E-state index contributed by atoms with van der Waals surface area (Å²) in [4.78, 5) is 57.0. The number of nitrogens with one attached hydrogen (secondary N) is 1. The predicted molar refractivity (Wildman–Crippen MR) is 225 cm³/mol. The summed E-state index contributed by atoms with van der Waals surface area (Å²) in [6.45, 7) is 7.34. The van der Waals surface area contributed by atoms with Gasteiger partial charge < -0.3 is 39.1 Å². The quantitative estimate of drug-likeness (QED) is 0.188. The average Bonchev–Trinajstić information content (AvgIpc) is 3.73. The van der Waals surface area contributed by atoms with Gasteiger partial charge in [-0.3, -0.25) is 9.69 Å². The molecule has 15 heteroatoms. The van der Waals surface area contributed by atoms with Gasteiger partial charge in [-0.05, 0) is 66.6 Å². The van der Waals surface area contributed by atoms with E-state index < -0.39 is 0 Å². The second kappa shape index (κ2) is 18.1. The van der Waals surface area contributed by atoms with E-state index in [0.29, 0.717) is 94.4 Å². The van der Waals surface area contributed by atoms with Crippen LogP contribution < -0.4 is 29.5 Å². The molecule has 0 unspecified atom stereocenters. The fourth-order valence-electron chi connectivity index (χ4n) is 7.57. The summed E-state index contributed by atoms with van der Waals surface area (Å²) >= 11 is 0. The first-order valence-electron chi connectivity index (χ1n) is 20.0. The fraction of sp³-hybridized carbons (Fsp3) is 0.364. The van der Waals surface area contributed by atoms with Gasteiger partial charge >= 0.3 is 6.03 Å². The van der Waals surface area contributed by atoms with Crippen molar-refractivity contribution in [3.8, 4) is 22.8 Å². The number of hydrogen-bond acceptors (Lipinski definition) is 12. The van der Waals surface area contributed by atoms with E-state index in [2.05, 4.69) is 27.1 Å². The molecule has 2 saturated heterocycles. The minimum Gasteiger partial charge on any atom is -0.497 e. The van der Waals surface area contributed by atoms with Gasteiger partial charge in [0.25, 0.3) is 5.91 Å². The van der Waals surface area contributed by atoms with Crippen LogP contribution >= 0.6 is 0 Å². The maximum absolute atomic E-state index is 13.9. The first kappa shape index (κ1) is 39.5. The van der Waals surface area contributed by atoms with E-state index in [9.17, 15) is 9.59 Å². The smallest absolute Gasteiger partial charge is 0.323 e. The summed E-state index contributed by atoms with van der Waals surface area (Å²) in [6.07, 6.45) is 4.18. The van der Waals surface area contributed by atoms with Crippen molar-refractivity contribution in [3.63, 3.8) is 0 Å². The van der Waals surface area contributed by atoms with Crippen molar-refractivity contribution >= 4 is 29.7 Å². The minimum absolute atomic E-state index is 0.0128. The topological polar surface area (TPSA) is 142 Å². The summed E-state index contributed by atoms with van der Waals surface area (Å²) in [7, 11) is 5.38. The normalized spacial score (nSPS) is 15.5. The highest BCUT2D eigenvalue weighted by atomic mass is 16.5. The molecule has 3 aliphatic rings. The van der Waals surface area contributed by atoms with Crippen molar-refractivity contribution in [2.24, 2.45) is 0 Å². The Morgan fingerprint density at radius 1 is 0.780 bits per heavy atom. The van der Waals surface area contributed by atoms with Gasteiger partial charge in [-0.15, -0.1) is 0 Å². The molecule has 1 N–H and O–H groups in total. The molecule has 59 heavy (non-hydrogen) atoms. The zero-order chi connectivity index (χ0) is 40.7. The van der Waals surface area contributed by atoms with E-state index >= 15 is 0 Å². The Morgan fingerprint density at radius 2 is 1.42 bits per heavy atom. The maximum atomic E-state index is 13.9. The monoisotopic (exact) mass is 798 g/mol. The van der Waals surface area contributed by atoms with E-state index in [1.807, 2.05) is 90.1 Å². The van der Waals surface area contributed by atoms with Crippen LogP contribution in [-0.2, 0) is 30.8 Å². The molecule has 0 atom stereocenters. The lowest BCUT2D eigenvalue weighted by atomic mass is 10.1. The van der Waals surface area contributed by atoms with Crippen LogP contribution in [0.5, 0.6) is 11.5 Å². The molecule has 2 fully saturated rings. The average molecular weight is 799 g/mol. The summed E-state index contributed by atoms with van der Waals surface area (Å²) < 4.78 is 16.4. The van der Waals surface area contributed by atoms with Crippen LogP contribution in [0.1, 0.15) is 32.6 Å². The molecular weight excluding hydrogens is 749 g/mol. The standard InChI is InChI=1S/C44H50N10O5/c1-50-17-19-51(20-18-50)41(55)34-6-4-5-33(25-34)26-47-44(56)54-16-15-38-39(48-43(49-40(38)54)52-21-23-59-24-22-52)35-27-45-42(46-28-35)53(29-31-7-11-36(57-2)12-8-31)30-32-9-13-37(58-3)14-10-32/h4-14,25,27-28H,15-24,26,29-30H2,1-3H3,(H,47,56). The lowest BCUT2D eigenvalue weighted by Gasteiger charge is -2.32. The Bertz CT molecular complexity index is 2180. The molecular formula is C44H50N10O5. The second-order valence-corrected chi connectivity index (χ2v) is 15.0. The number of benzene rings is 3. The van der Waals surface area contributed by atoms with Crippen LogP contribution in [0.3, 0.4) is 0 Å². The Hall–Kier alpha value is -6.32.